The number of hydrogen-bond acceptors (Lipinski definition) is 3. The van der Waals surface area contributed by atoms with Gasteiger partial charge in [-0.2, -0.15) is 0 Å². The summed E-state index contributed by atoms with van der Waals surface area (Å²) >= 11 is 5.95. The first-order valence-corrected chi connectivity index (χ1v) is 5.43. The lowest BCUT2D eigenvalue weighted by Gasteiger charge is -2.11. The van der Waals surface area contributed by atoms with E-state index in [1.807, 2.05) is 6.92 Å². The van der Waals surface area contributed by atoms with Crippen molar-refractivity contribution in [3.63, 3.8) is 0 Å². The van der Waals surface area contributed by atoms with Gasteiger partial charge in [-0.3, -0.25) is 4.79 Å². The number of halogens is 1. The van der Waals surface area contributed by atoms with Crippen molar-refractivity contribution in [3.05, 3.63) is 28.8 Å². The van der Waals surface area contributed by atoms with Gasteiger partial charge < -0.3 is 15.8 Å². The molecule has 0 heterocycles. The van der Waals surface area contributed by atoms with Gasteiger partial charge in [0.25, 0.3) is 5.91 Å². The fourth-order valence-corrected chi connectivity index (χ4v) is 1.51. The minimum atomic E-state index is -0.162. The number of nitrogens with one attached hydrogen (secondary N) is 1. The van der Waals surface area contributed by atoms with Gasteiger partial charge in [-0.15, -0.1) is 0 Å². The van der Waals surface area contributed by atoms with E-state index in [1.165, 1.54) is 0 Å². The molecule has 1 aromatic rings. The first-order valence-electron chi connectivity index (χ1n) is 5.06. The van der Waals surface area contributed by atoms with Crippen LogP contribution >= 0.6 is 11.6 Å². The molecule has 0 bridgehead atoms. The van der Waals surface area contributed by atoms with E-state index >= 15 is 0 Å². The van der Waals surface area contributed by atoms with E-state index < -0.39 is 0 Å². The molecule has 0 atom stereocenters. The highest BCUT2D eigenvalue weighted by molar-refractivity contribution is 6.31. The van der Waals surface area contributed by atoms with Crippen LogP contribution in [-0.2, 0) is 11.3 Å². The molecule has 1 amide bonds. The predicted octanol–water partition coefficient (Wildman–Crippen LogP) is 1.31. The number of carbonyl (C=O) groups excluding carboxylic acids is 1. The van der Waals surface area contributed by atoms with E-state index in [9.17, 15) is 4.79 Å². The summed E-state index contributed by atoms with van der Waals surface area (Å²) < 4.78 is 5.35. The Morgan fingerprint density at radius 1 is 1.56 bits per heavy atom. The molecule has 4 nitrogen and oxygen atoms in total. The van der Waals surface area contributed by atoms with Crippen LogP contribution in [0.15, 0.2) is 18.2 Å². The lowest BCUT2D eigenvalue weighted by molar-refractivity contribution is -0.122. The highest BCUT2D eigenvalue weighted by atomic mass is 35.5. The van der Waals surface area contributed by atoms with Crippen molar-refractivity contribution < 1.29 is 9.53 Å². The standard InChI is InChI=1S/C11H15ClN2O2/c1-2-14-11(15)7-16-10-5-3-4-9(12)8(10)6-13/h3-5H,2,6-7,13H2,1H3,(H,14,15). The number of ether oxygens (including phenoxy) is 1. The number of amides is 1. The molecular weight excluding hydrogens is 228 g/mol. The van der Waals surface area contributed by atoms with Crippen molar-refractivity contribution in [1.82, 2.24) is 5.32 Å². The zero-order chi connectivity index (χ0) is 12.0. The summed E-state index contributed by atoms with van der Waals surface area (Å²) in [6, 6.07) is 5.24. The Balaban J connectivity index is 2.66. The molecular formula is C11H15ClN2O2. The SMILES string of the molecule is CCNC(=O)COc1cccc(Cl)c1CN. The smallest absolute Gasteiger partial charge is 0.257 e. The second-order valence-electron chi connectivity index (χ2n) is 3.16. The van der Waals surface area contributed by atoms with Crippen molar-refractivity contribution in [1.29, 1.82) is 0 Å². The second-order valence-corrected chi connectivity index (χ2v) is 3.57. The maximum Gasteiger partial charge on any atom is 0.257 e. The van der Waals surface area contributed by atoms with Crippen LogP contribution < -0.4 is 15.8 Å². The summed E-state index contributed by atoms with van der Waals surface area (Å²) in [6.07, 6.45) is 0. The molecule has 0 saturated heterocycles. The molecule has 88 valence electrons. The summed E-state index contributed by atoms with van der Waals surface area (Å²) in [5, 5.41) is 3.19. The van der Waals surface area contributed by atoms with Crippen molar-refractivity contribution in [3.8, 4) is 5.75 Å². The third kappa shape index (κ3) is 3.40. The molecule has 0 saturated carbocycles. The normalized spacial score (nSPS) is 9.94. The minimum Gasteiger partial charge on any atom is -0.483 e. The van der Waals surface area contributed by atoms with Gasteiger partial charge in [0.2, 0.25) is 0 Å². The summed E-state index contributed by atoms with van der Waals surface area (Å²) in [4.78, 5) is 11.2. The molecule has 0 spiro atoms. The molecule has 0 aliphatic carbocycles. The number of carbonyl (C=O) groups is 1. The molecule has 1 aromatic carbocycles. The Morgan fingerprint density at radius 3 is 2.94 bits per heavy atom. The molecule has 0 aliphatic heterocycles. The van der Waals surface area contributed by atoms with E-state index in [0.717, 1.165) is 0 Å². The Bertz CT molecular complexity index is 369. The van der Waals surface area contributed by atoms with Crippen molar-refractivity contribution in [2.45, 2.75) is 13.5 Å². The largest absolute Gasteiger partial charge is 0.483 e. The first kappa shape index (κ1) is 12.8. The van der Waals surface area contributed by atoms with Crippen LogP contribution in [0.5, 0.6) is 5.75 Å². The van der Waals surface area contributed by atoms with Crippen LogP contribution in [0.4, 0.5) is 0 Å². The molecule has 0 aliphatic rings. The van der Waals surface area contributed by atoms with Gasteiger partial charge in [-0.25, -0.2) is 0 Å². The maximum atomic E-state index is 11.2. The highest BCUT2D eigenvalue weighted by Crippen LogP contribution is 2.25. The van der Waals surface area contributed by atoms with Gasteiger partial charge in [-0.1, -0.05) is 17.7 Å². The Hall–Kier alpha value is -1.26. The van der Waals surface area contributed by atoms with Crippen molar-refractivity contribution >= 4 is 17.5 Å². The van der Waals surface area contributed by atoms with Crippen molar-refractivity contribution in [2.24, 2.45) is 5.73 Å². The average molecular weight is 243 g/mol. The van der Waals surface area contributed by atoms with E-state index in [2.05, 4.69) is 5.32 Å². The van der Waals surface area contributed by atoms with Crippen LogP contribution in [0, 0.1) is 0 Å². The number of benzene rings is 1. The monoisotopic (exact) mass is 242 g/mol. The van der Waals surface area contributed by atoms with Crippen LogP contribution in [0.3, 0.4) is 0 Å². The topological polar surface area (TPSA) is 64.3 Å². The van der Waals surface area contributed by atoms with Gasteiger partial charge >= 0.3 is 0 Å². The average Bonchev–Trinajstić information content (AvgIpc) is 2.27. The second kappa shape index (κ2) is 6.35. The van der Waals surface area contributed by atoms with Crippen LogP contribution in [0.1, 0.15) is 12.5 Å². The fourth-order valence-electron chi connectivity index (χ4n) is 1.26. The molecule has 0 aromatic heterocycles. The Morgan fingerprint density at radius 2 is 2.31 bits per heavy atom. The molecule has 0 radical (unpaired) electrons. The third-order valence-electron chi connectivity index (χ3n) is 2.01. The van der Waals surface area contributed by atoms with Gasteiger partial charge in [0, 0.05) is 23.7 Å². The predicted molar refractivity (Wildman–Crippen MR) is 63.5 cm³/mol. The number of rotatable bonds is 5. The molecule has 16 heavy (non-hydrogen) atoms. The lowest BCUT2D eigenvalue weighted by atomic mass is 10.2. The zero-order valence-electron chi connectivity index (χ0n) is 9.13. The molecule has 0 unspecified atom stereocenters. The maximum absolute atomic E-state index is 11.2. The van der Waals surface area contributed by atoms with Gasteiger partial charge in [-0.05, 0) is 19.1 Å². The molecule has 5 heteroatoms. The summed E-state index contributed by atoms with van der Waals surface area (Å²) in [7, 11) is 0. The quantitative estimate of drug-likeness (QED) is 0.819. The summed E-state index contributed by atoms with van der Waals surface area (Å²) in [5.74, 6) is 0.395. The number of likely N-dealkylation sites (N-methyl/N-ethyl adjacent to an activating group) is 1. The minimum absolute atomic E-state index is 0.0266. The first-order chi connectivity index (χ1) is 7.69. The lowest BCUT2D eigenvalue weighted by Crippen LogP contribution is -2.28. The van der Waals surface area contributed by atoms with Crippen LogP contribution in [0.2, 0.25) is 5.02 Å². The third-order valence-corrected chi connectivity index (χ3v) is 2.37. The number of nitrogens with two attached hydrogens (primary N) is 1. The summed E-state index contributed by atoms with van der Waals surface area (Å²) in [6.45, 7) is 2.69. The van der Waals surface area contributed by atoms with Gasteiger partial charge in [0.1, 0.15) is 5.75 Å². The summed E-state index contributed by atoms with van der Waals surface area (Å²) in [5.41, 5.74) is 6.27. The highest BCUT2D eigenvalue weighted by Gasteiger charge is 2.08. The van der Waals surface area contributed by atoms with E-state index in [1.54, 1.807) is 18.2 Å². The van der Waals surface area contributed by atoms with E-state index in [-0.39, 0.29) is 19.1 Å². The zero-order valence-corrected chi connectivity index (χ0v) is 9.88. The molecule has 3 N–H and O–H groups in total. The number of hydrogen-bond donors (Lipinski definition) is 2. The van der Waals surface area contributed by atoms with Gasteiger partial charge in [0.05, 0.1) is 0 Å². The molecule has 1 rings (SSSR count). The van der Waals surface area contributed by atoms with Gasteiger partial charge in [0.15, 0.2) is 6.61 Å². The van der Waals surface area contributed by atoms with E-state index in [0.29, 0.717) is 22.9 Å². The van der Waals surface area contributed by atoms with E-state index in [4.69, 9.17) is 22.1 Å². The van der Waals surface area contributed by atoms with Crippen LogP contribution in [0.25, 0.3) is 0 Å². The van der Waals surface area contributed by atoms with Crippen LogP contribution in [-0.4, -0.2) is 19.1 Å². The Labute approximate surface area is 99.7 Å². The Kier molecular flexibility index (Phi) is 5.08. The van der Waals surface area contributed by atoms with Crippen molar-refractivity contribution in [2.75, 3.05) is 13.2 Å². The fraction of sp³-hybridized carbons (Fsp3) is 0.364. The molecule has 0 fully saturated rings.